The van der Waals surface area contributed by atoms with E-state index in [4.69, 9.17) is 0 Å². The molecule has 3 rings (SSSR count). The van der Waals surface area contributed by atoms with E-state index >= 15 is 0 Å². The third-order valence-electron chi connectivity index (χ3n) is 4.00. The topological polar surface area (TPSA) is 63.9 Å². The molecule has 0 aliphatic carbocycles. The van der Waals surface area contributed by atoms with Crippen LogP contribution < -0.4 is 0 Å². The first kappa shape index (κ1) is 19.0. The van der Waals surface area contributed by atoms with Crippen LogP contribution in [-0.2, 0) is 11.3 Å². The van der Waals surface area contributed by atoms with E-state index in [9.17, 15) is 9.18 Å². The van der Waals surface area contributed by atoms with Gasteiger partial charge in [0.25, 0.3) is 0 Å². The molecule has 0 saturated carbocycles. The Hall–Kier alpha value is -2.74. The molecular weight excluding hydrogens is 365 g/mol. The van der Waals surface area contributed by atoms with Crippen LogP contribution in [0.15, 0.2) is 53.7 Å². The molecule has 8 heteroatoms. The van der Waals surface area contributed by atoms with E-state index in [0.29, 0.717) is 11.7 Å². The Labute approximate surface area is 161 Å². The van der Waals surface area contributed by atoms with Gasteiger partial charge in [0.15, 0.2) is 0 Å². The van der Waals surface area contributed by atoms with Crippen molar-refractivity contribution in [2.24, 2.45) is 0 Å². The van der Waals surface area contributed by atoms with Crippen LogP contribution in [0.2, 0.25) is 0 Å². The zero-order chi connectivity index (χ0) is 19.4. The Morgan fingerprint density at radius 3 is 2.78 bits per heavy atom. The fourth-order valence-electron chi connectivity index (χ4n) is 2.68. The van der Waals surface area contributed by atoms with Crippen molar-refractivity contribution in [3.63, 3.8) is 0 Å². The molecule has 0 aliphatic rings. The molecule has 1 aromatic heterocycles. The minimum atomic E-state index is -0.391. The van der Waals surface area contributed by atoms with E-state index in [-0.39, 0.29) is 11.7 Å². The first-order chi connectivity index (χ1) is 12.9. The summed E-state index contributed by atoms with van der Waals surface area (Å²) in [6.07, 6.45) is 0. The SMILES string of the molecule is Cc1cccc(-n2nnnc2SC(C)C(=O)N(C)Cc2cccc(F)c2)c1. The second-order valence-electron chi connectivity index (χ2n) is 6.30. The molecule has 0 radical (unpaired) electrons. The first-order valence-electron chi connectivity index (χ1n) is 8.45. The molecule has 27 heavy (non-hydrogen) atoms. The van der Waals surface area contributed by atoms with Crippen molar-refractivity contribution in [1.82, 2.24) is 25.1 Å². The molecule has 1 amide bonds. The Bertz CT molecular complexity index is 945. The lowest BCUT2D eigenvalue weighted by atomic mass is 10.2. The summed E-state index contributed by atoms with van der Waals surface area (Å²) in [5, 5.41) is 12.0. The van der Waals surface area contributed by atoms with Crippen molar-refractivity contribution in [2.75, 3.05) is 7.05 Å². The molecule has 0 N–H and O–H groups in total. The first-order valence-corrected chi connectivity index (χ1v) is 9.33. The number of carbonyl (C=O) groups excluding carboxylic acids is 1. The van der Waals surface area contributed by atoms with Crippen LogP contribution in [0.3, 0.4) is 0 Å². The Kier molecular flexibility index (Phi) is 5.85. The van der Waals surface area contributed by atoms with Crippen molar-refractivity contribution in [3.05, 3.63) is 65.5 Å². The van der Waals surface area contributed by atoms with Crippen LogP contribution >= 0.6 is 11.8 Å². The largest absolute Gasteiger partial charge is 0.340 e. The van der Waals surface area contributed by atoms with Crippen LogP contribution in [0.1, 0.15) is 18.1 Å². The number of nitrogens with zero attached hydrogens (tertiary/aromatic N) is 5. The monoisotopic (exact) mass is 385 g/mol. The standard InChI is InChI=1S/C19H20FN5OS/c1-13-6-4-9-17(10-13)25-19(21-22-23-25)27-14(2)18(26)24(3)12-15-7-5-8-16(20)11-15/h4-11,14H,12H2,1-3H3. The molecule has 1 unspecified atom stereocenters. The maximum absolute atomic E-state index is 13.3. The predicted molar refractivity (Wildman–Crippen MR) is 102 cm³/mol. The number of benzene rings is 2. The maximum atomic E-state index is 13.3. The Morgan fingerprint density at radius 2 is 2.04 bits per heavy atom. The number of halogens is 1. The third-order valence-corrected chi connectivity index (χ3v) is 5.02. The molecule has 6 nitrogen and oxygen atoms in total. The van der Waals surface area contributed by atoms with Gasteiger partial charge in [0, 0.05) is 13.6 Å². The molecule has 1 atom stereocenters. The number of hydrogen-bond donors (Lipinski definition) is 0. The summed E-state index contributed by atoms with van der Waals surface area (Å²) < 4.78 is 14.9. The Balaban J connectivity index is 1.69. The average molecular weight is 385 g/mol. The zero-order valence-electron chi connectivity index (χ0n) is 15.3. The summed E-state index contributed by atoms with van der Waals surface area (Å²) in [6.45, 7) is 4.14. The zero-order valence-corrected chi connectivity index (χ0v) is 16.2. The van der Waals surface area contributed by atoms with Gasteiger partial charge in [0.05, 0.1) is 10.9 Å². The fourth-order valence-corrected chi connectivity index (χ4v) is 3.60. The van der Waals surface area contributed by atoms with Crippen molar-refractivity contribution in [3.8, 4) is 5.69 Å². The van der Waals surface area contributed by atoms with E-state index in [2.05, 4.69) is 15.5 Å². The number of aryl methyl sites for hydroxylation is 1. The smallest absolute Gasteiger partial charge is 0.235 e. The van der Waals surface area contributed by atoms with E-state index in [1.165, 1.54) is 23.9 Å². The molecule has 0 bridgehead atoms. The van der Waals surface area contributed by atoms with Crippen LogP contribution in [-0.4, -0.2) is 43.3 Å². The number of amides is 1. The van der Waals surface area contributed by atoms with E-state index < -0.39 is 5.25 Å². The van der Waals surface area contributed by atoms with Gasteiger partial charge in [-0.2, -0.15) is 4.68 Å². The van der Waals surface area contributed by atoms with Crippen molar-refractivity contribution < 1.29 is 9.18 Å². The highest BCUT2D eigenvalue weighted by molar-refractivity contribution is 8.00. The lowest BCUT2D eigenvalue weighted by Gasteiger charge is -2.21. The molecule has 0 spiro atoms. The van der Waals surface area contributed by atoms with Gasteiger partial charge in [-0.3, -0.25) is 4.79 Å². The lowest BCUT2D eigenvalue weighted by Crippen LogP contribution is -2.33. The summed E-state index contributed by atoms with van der Waals surface area (Å²) >= 11 is 1.29. The maximum Gasteiger partial charge on any atom is 0.235 e. The van der Waals surface area contributed by atoms with Crippen LogP contribution in [0.4, 0.5) is 4.39 Å². The van der Waals surface area contributed by atoms with Crippen molar-refractivity contribution >= 4 is 17.7 Å². The molecule has 3 aromatic rings. The molecular formula is C19H20FN5OS. The highest BCUT2D eigenvalue weighted by Gasteiger charge is 2.22. The highest BCUT2D eigenvalue weighted by atomic mass is 32.2. The number of thioether (sulfide) groups is 1. The van der Waals surface area contributed by atoms with Crippen LogP contribution in [0.25, 0.3) is 5.69 Å². The number of tetrazole rings is 1. The molecule has 2 aromatic carbocycles. The predicted octanol–water partition coefficient (Wildman–Crippen LogP) is 3.25. The fraction of sp³-hybridized carbons (Fsp3) is 0.263. The van der Waals surface area contributed by atoms with E-state index in [1.54, 1.807) is 28.8 Å². The number of carbonyl (C=O) groups is 1. The second-order valence-corrected chi connectivity index (χ2v) is 7.60. The third kappa shape index (κ3) is 4.71. The van der Waals surface area contributed by atoms with Gasteiger partial charge in [0.1, 0.15) is 5.82 Å². The number of aromatic nitrogens is 4. The van der Waals surface area contributed by atoms with Gasteiger partial charge < -0.3 is 4.90 Å². The summed E-state index contributed by atoms with van der Waals surface area (Å²) in [4.78, 5) is 14.3. The molecule has 140 valence electrons. The van der Waals surface area contributed by atoms with Gasteiger partial charge in [-0.25, -0.2) is 4.39 Å². The van der Waals surface area contributed by atoms with Gasteiger partial charge in [-0.05, 0) is 59.7 Å². The van der Waals surface area contributed by atoms with Gasteiger partial charge in [-0.15, -0.1) is 5.10 Å². The van der Waals surface area contributed by atoms with E-state index in [0.717, 1.165) is 16.8 Å². The van der Waals surface area contributed by atoms with Crippen LogP contribution in [0.5, 0.6) is 0 Å². The summed E-state index contributed by atoms with van der Waals surface area (Å²) in [5.41, 5.74) is 2.68. The van der Waals surface area contributed by atoms with Gasteiger partial charge in [-0.1, -0.05) is 36.0 Å². The van der Waals surface area contributed by atoms with Gasteiger partial charge >= 0.3 is 0 Å². The van der Waals surface area contributed by atoms with Gasteiger partial charge in [0.2, 0.25) is 11.1 Å². The average Bonchev–Trinajstić information content (AvgIpc) is 3.09. The minimum Gasteiger partial charge on any atom is -0.340 e. The molecule has 0 aliphatic heterocycles. The van der Waals surface area contributed by atoms with Crippen molar-refractivity contribution in [1.29, 1.82) is 0 Å². The van der Waals surface area contributed by atoms with E-state index in [1.807, 2.05) is 38.1 Å². The number of rotatable bonds is 6. The second kappa shape index (κ2) is 8.30. The summed E-state index contributed by atoms with van der Waals surface area (Å²) in [7, 11) is 1.70. The summed E-state index contributed by atoms with van der Waals surface area (Å²) in [5.74, 6) is -0.392. The number of hydrogen-bond acceptors (Lipinski definition) is 5. The van der Waals surface area contributed by atoms with Crippen molar-refractivity contribution in [2.45, 2.75) is 30.8 Å². The summed E-state index contributed by atoms with van der Waals surface area (Å²) in [6, 6.07) is 14.1. The lowest BCUT2D eigenvalue weighted by molar-refractivity contribution is -0.129. The Morgan fingerprint density at radius 1 is 1.26 bits per heavy atom. The molecule has 0 saturated heterocycles. The quantitative estimate of drug-likeness (QED) is 0.610. The highest BCUT2D eigenvalue weighted by Crippen LogP contribution is 2.24. The van der Waals surface area contributed by atoms with Crippen LogP contribution in [0, 0.1) is 12.7 Å². The normalized spacial score (nSPS) is 12.0. The minimum absolute atomic E-state index is 0.0805. The molecule has 1 heterocycles. The molecule has 0 fully saturated rings.